The molecule has 0 aliphatic rings. The Balaban J connectivity index is 1.57. The number of aromatic nitrogens is 1. The second-order valence-electron chi connectivity index (χ2n) is 11.3. The van der Waals surface area contributed by atoms with Crippen LogP contribution in [-0.4, -0.2) is 16.8 Å². The van der Waals surface area contributed by atoms with Gasteiger partial charge in [0.2, 0.25) is 0 Å². The Morgan fingerprint density at radius 3 is 2.18 bits per heavy atom. The van der Waals surface area contributed by atoms with Crippen LogP contribution in [0.4, 0.5) is 8.78 Å². The molecule has 1 N–H and O–H groups in total. The van der Waals surface area contributed by atoms with Crippen molar-refractivity contribution < 1.29 is 23.1 Å². The number of nitrogens with zero attached hydrogens (tertiary/aromatic N) is 1. The summed E-state index contributed by atoms with van der Waals surface area (Å²) in [7, 11) is 0. The van der Waals surface area contributed by atoms with Gasteiger partial charge in [-0.15, -0.1) is 11.3 Å². The van der Waals surface area contributed by atoms with E-state index in [-0.39, 0.29) is 28.7 Å². The van der Waals surface area contributed by atoms with Crippen LogP contribution in [0.5, 0.6) is 5.75 Å². The highest BCUT2D eigenvalue weighted by molar-refractivity contribution is 7.18. The van der Waals surface area contributed by atoms with Crippen molar-refractivity contribution in [1.82, 2.24) is 10.3 Å². The Bertz CT molecular complexity index is 1550. The minimum atomic E-state index is -1.21. The fourth-order valence-corrected chi connectivity index (χ4v) is 4.89. The molecular weight excluding hydrogens is 542 g/mol. The molecule has 0 fully saturated rings. The minimum absolute atomic E-state index is 0.102. The minimum Gasteiger partial charge on any atom is -0.483 e. The zero-order valence-corrected chi connectivity index (χ0v) is 24.1. The van der Waals surface area contributed by atoms with Crippen LogP contribution in [0.25, 0.3) is 10.2 Å². The van der Waals surface area contributed by atoms with Crippen LogP contribution in [-0.2, 0) is 17.4 Å². The van der Waals surface area contributed by atoms with Crippen LogP contribution in [0.1, 0.15) is 78.4 Å². The highest BCUT2D eigenvalue weighted by atomic mass is 35.5. The second-order valence-corrected chi connectivity index (χ2v) is 12.9. The van der Waals surface area contributed by atoms with Crippen LogP contribution in [0.3, 0.4) is 0 Å². The lowest BCUT2D eigenvalue weighted by atomic mass is 9.79. The highest BCUT2D eigenvalue weighted by Gasteiger charge is 2.26. The average Bonchev–Trinajstić information content (AvgIpc) is 3.24. The highest BCUT2D eigenvalue weighted by Crippen LogP contribution is 2.31. The molecule has 0 unspecified atom stereocenters. The first kappa shape index (κ1) is 28.6. The van der Waals surface area contributed by atoms with E-state index in [1.165, 1.54) is 11.3 Å². The van der Waals surface area contributed by atoms with Crippen LogP contribution in [0.15, 0.2) is 48.5 Å². The number of thiazole rings is 1. The number of fused-ring (bicyclic) bond motifs is 1. The molecule has 4 rings (SSSR count). The summed E-state index contributed by atoms with van der Waals surface area (Å²) >= 11 is 7.34. The number of benzene rings is 3. The normalized spacial score (nSPS) is 12.0. The van der Waals surface area contributed by atoms with E-state index >= 15 is 4.39 Å². The van der Waals surface area contributed by atoms with Crippen LogP contribution in [0, 0.1) is 11.6 Å². The molecule has 4 aromatic rings. The number of amides is 2. The van der Waals surface area contributed by atoms with Gasteiger partial charge in [0.15, 0.2) is 11.6 Å². The Morgan fingerprint density at radius 2 is 1.56 bits per heavy atom. The number of hydrogen-bond acceptors (Lipinski definition) is 5. The van der Waals surface area contributed by atoms with E-state index in [4.69, 9.17) is 16.3 Å². The Kier molecular flexibility index (Phi) is 7.83. The van der Waals surface area contributed by atoms with Gasteiger partial charge >= 0.3 is 0 Å². The maximum Gasteiger partial charge on any atom is 0.264 e. The van der Waals surface area contributed by atoms with E-state index in [1.54, 1.807) is 24.3 Å². The number of imide groups is 1. The zero-order chi connectivity index (χ0) is 28.7. The lowest BCUT2D eigenvalue weighted by Gasteiger charge is -2.26. The molecule has 2 amide bonds. The maximum atomic E-state index is 15.3. The van der Waals surface area contributed by atoms with Gasteiger partial charge in [-0.05, 0) is 64.4 Å². The second kappa shape index (κ2) is 10.7. The van der Waals surface area contributed by atoms with E-state index in [2.05, 4.69) is 10.3 Å². The van der Waals surface area contributed by atoms with E-state index in [0.717, 1.165) is 28.0 Å². The first-order valence-electron chi connectivity index (χ1n) is 12.3. The predicted octanol–water partition coefficient (Wildman–Crippen LogP) is 7.97. The third kappa shape index (κ3) is 6.45. The molecule has 0 saturated carbocycles. The summed E-state index contributed by atoms with van der Waals surface area (Å²) in [5, 5.41) is 3.22. The number of halogens is 3. The van der Waals surface area contributed by atoms with Crippen molar-refractivity contribution in [3.63, 3.8) is 0 Å². The Labute approximate surface area is 235 Å². The molecule has 5 nitrogen and oxygen atoms in total. The van der Waals surface area contributed by atoms with Gasteiger partial charge in [-0.2, -0.15) is 0 Å². The number of carbonyl (C=O) groups excluding carboxylic acids is 2. The number of nitrogens with one attached hydrogen (secondary N) is 1. The lowest BCUT2D eigenvalue weighted by Crippen LogP contribution is -2.32. The SMILES string of the molecule is CC(C)(C)c1cc(C(=O)NC(=O)c2c(F)ccc(OCc3nc4cc(Cl)ccc4s3)c2F)cc(C(C)(C)C)c1. The largest absolute Gasteiger partial charge is 0.483 e. The van der Waals surface area contributed by atoms with Crippen LogP contribution < -0.4 is 10.1 Å². The molecule has 0 aliphatic heterocycles. The summed E-state index contributed by atoms with van der Waals surface area (Å²) in [5.74, 6) is -4.61. The zero-order valence-electron chi connectivity index (χ0n) is 22.5. The summed E-state index contributed by atoms with van der Waals surface area (Å²) in [6.45, 7) is 12.0. The molecule has 1 heterocycles. The number of hydrogen-bond donors (Lipinski definition) is 1. The fourth-order valence-electron chi connectivity index (χ4n) is 3.87. The molecular formula is C30H29ClF2N2O3S. The van der Waals surface area contributed by atoms with Gasteiger partial charge in [-0.3, -0.25) is 14.9 Å². The van der Waals surface area contributed by atoms with Crippen molar-refractivity contribution in [2.75, 3.05) is 0 Å². The van der Waals surface area contributed by atoms with Gasteiger partial charge in [-0.1, -0.05) is 59.2 Å². The lowest BCUT2D eigenvalue weighted by molar-refractivity contribution is 0.0844. The number of rotatable bonds is 5. The third-order valence-corrected chi connectivity index (χ3v) is 7.43. The van der Waals surface area contributed by atoms with Crippen molar-refractivity contribution >= 4 is 45.0 Å². The molecule has 3 aromatic carbocycles. The molecule has 0 bridgehead atoms. The van der Waals surface area contributed by atoms with E-state index < -0.39 is 29.0 Å². The standard InChI is InChI=1S/C30H29ClF2N2O3S/c1-29(2,3)17-11-16(12-18(13-17)30(4,5)6)27(36)35-28(37)25-20(32)8-9-22(26(25)33)38-15-24-34-21-14-19(31)7-10-23(21)39-24/h7-14H,15H2,1-6H3,(H,35,36,37). The molecule has 1 aromatic heterocycles. The molecule has 39 heavy (non-hydrogen) atoms. The number of ether oxygens (including phenoxy) is 1. The topological polar surface area (TPSA) is 68.3 Å². The molecule has 204 valence electrons. The van der Waals surface area contributed by atoms with Crippen LogP contribution in [0.2, 0.25) is 5.02 Å². The summed E-state index contributed by atoms with van der Waals surface area (Å²) in [5.41, 5.74) is 1.27. The molecule has 0 radical (unpaired) electrons. The smallest absolute Gasteiger partial charge is 0.264 e. The summed E-state index contributed by atoms with van der Waals surface area (Å²) in [4.78, 5) is 30.4. The molecule has 0 atom stereocenters. The van der Waals surface area contributed by atoms with Gasteiger partial charge in [0.25, 0.3) is 11.8 Å². The first-order valence-corrected chi connectivity index (χ1v) is 13.5. The van der Waals surface area contributed by atoms with E-state index in [1.807, 2.05) is 53.7 Å². The Morgan fingerprint density at radius 1 is 0.923 bits per heavy atom. The summed E-state index contributed by atoms with van der Waals surface area (Å²) < 4.78 is 36.3. The molecule has 0 aliphatic carbocycles. The summed E-state index contributed by atoms with van der Waals surface area (Å²) in [6.07, 6.45) is 0. The molecule has 0 spiro atoms. The van der Waals surface area contributed by atoms with Gasteiger partial charge in [-0.25, -0.2) is 13.8 Å². The van der Waals surface area contributed by atoms with Crippen LogP contribution >= 0.6 is 22.9 Å². The molecule has 9 heteroatoms. The van der Waals surface area contributed by atoms with E-state index in [9.17, 15) is 14.0 Å². The van der Waals surface area contributed by atoms with E-state index in [0.29, 0.717) is 15.5 Å². The van der Waals surface area contributed by atoms with Gasteiger partial charge in [0, 0.05) is 10.6 Å². The van der Waals surface area contributed by atoms with Gasteiger partial charge in [0.05, 0.1) is 10.2 Å². The maximum absolute atomic E-state index is 15.3. The third-order valence-electron chi connectivity index (χ3n) is 6.18. The monoisotopic (exact) mass is 570 g/mol. The van der Waals surface area contributed by atoms with Gasteiger partial charge < -0.3 is 4.74 Å². The van der Waals surface area contributed by atoms with Crippen molar-refractivity contribution in [2.24, 2.45) is 0 Å². The van der Waals surface area contributed by atoms with Crippen molar-refractivity contribution in [2.45, 2.75) is 59.0 Å². The quantitative estimate of drug-likeness (QED) is 0.247. The summed E-state index contributed by atoms with van der Waals surface area (Å²) in [6, 6.07) is 12.7. The van der Waals surface area contributed by atoms with Crippen molar-refractivity contribution in [3.05, 3.63) is 92.4 Å². The average molecular weight is 571 g/mol. The molecule has 0 saturated heterocycles. The number of carbonyl (C=O) groups is 2. The predicted molar refractivity (Wildman–Crippen MR) is 151 cm³/mol. The first-order chi connectivity index (χ1) is 18.1. The van der Waals surface area contributed by atoms with Crippen molar-refractivity contribution in [3.8, 4) is 5.75 Å². The fraction of sp³-hybridized carbons (Fsp3) is 0.300. The van der Waals surface area contributed by atoms with Gasteiger partial charge in [0.1, 0.15) is 23.0 Å². The van der Waals surface area contributed by atoms with Crippen molar-refractivity contribution in [1.29, 1.82) is 0 Å². The Hall–Kier alpha value is -3.36.